The lowest BCUT2D eigenvalue weighted by Crippen LogP contribution is -2.21. The van der Waals surface area contributed by atoms with Crippen LogP contribution in [0.4, 0.5) is 5.69 Å². The number of carbonyl (C=O) groups excluding carboxylic acids is 4. The Morgan fingerprint density at radius 3 is 2.31 bits per heavy atom. The highest BCUT2D eigenvalue weighted by Crippen LogP contribution is 2.22. The Morgan fingerprint density at radius 2 is 1.73 bits per heavy atom. The number of nitrogens with one attached hydrogen (secondary N) is 1. The zero-order valence-electron chi connectivity index (χ0n) is 13.5. The number of primary amides is 1. The van der Waals surface area contributed by atoms with Gasteiger partial charge in [-0.1, -0.05) is 11.6 Å². The summed E-state index contributed by atoms with van der Waals surface area (Å²) in [5.74, 6) is -1.98. The predicted molar refractivity (Wildman–Crippen MR) is 97.4 cm³/mol. The van der Waals surface area contributed by atoms with Crippen molar-refractivity contribution in [3.05, 3.63) is 51.2 Å². The number of ether oxygens (including phenoxy) is 1. The van der Waals surface area contributed by atoms with Gasteiger partial charge >= 0.3 is 5.97 Å². The first kappa shape index (κ1) is 19.6. The molecule has 0 unspecified atom stereocenters. The molecule has 9 heteroatoms. The van der Waals surface area contributed by atoms with E-state index in [1.807, 2.05) is 0 Å². The summed E-state index contributed by atoms with van der Waals surface area (Å²) in [6, 6.07) is 9.14. The van der Waals surface area contributed by atoms with Crippen LogP contribution >= 0.6 is 22.9 Å². The summed E-state index contributed by atoms with van der Waals surface area (Å²) < 4.78 is 5.33. The Bertz CT molecular complexity index is 832. The van der Waals surface area contributed by atoms with Crippen LogP contribution in [-0.4, -0.2) is 30.2 Å². The molecule has 1 heterocycles. The van der Waals surface area contributed by atoms with E-state index >= 15 is 0 Å². The molecule has 0 spiro atoms. The van der Waals surface area contributed by atoms with Crippen LogP contribution in [-0.2, 0) is 14.3 Å². The monoisotopic (exact) mass is 394 g/mol. The van der Waals surface area contributed by atoms with Gasteiger partial charge in [0.05, 0.1) is 15.6 Å². The number of rotatable bonds is 8. The number of esters is 1. The highest BCUT2D eigenvalue weighted by Gasteiger charge is 2.13. The Hall–Kier alpha value is -2.71. The standard InChI is InChI=1S/C17H15ClN2O5S/c18-14-7-6-13(26-14)12(21)5-8-16(23)25-9-15(22)20-11-3-1-10(2-4-11)17(19)24/h1-4,6-7H,5,8-9H2,(H2,19,24)(H,20,22). The number of nitrogens with two attached hydrogens (primary N) is 1. The summed E-state index contributed by atoms with van der Waals surface area (Å²) >= 11 is 6.89. The molecule has 0 atom stereocenters. The van der Waals surface area contributed by atoms with Crippen molar-refractivity contribution in [2.24, 2.45) is 5.73 Å². The number of ketones is 1. The maximum absolute atomic E-state index is 11.8. The van der Waals surface area contributed by atoms with Gasteiger partial charge in [-0.05, 0) is 36.4 Å². The quantitative estimate of drug-likeness (QED) is 0.527. The summed E-state index contributed by atoms with van der Waals surface area (Å²) in [6.45, 7) is -0.477. The number of hydrogen-bond acceptors (Lipinski definition) is 6. The normalized spacial score (nSPS) is 10.2. The molecule has 0 saturated carbocycles. The average molecular weight is 395 g/mol. The highest BCUT2D eigenvalue weighted by atomic mass is 35.5. The van der Waals surface area contributed by atoms with Gasteiger partial charge in [0.1, 0.15) is 0 Å². The van der Waals surface area contributed by atoms with Gasteiger partial charge in [-0.25, -0.2) is 0 Å². The minimum atomic E-state index is -0.653. The first-order chi connectivity index (χ1) is 12.3. The minimum absolute atomic E-state index is 0.0220. The van der Waals surface area contributed by atoms with Crippen LogP contribution in [0.5, 0.6) is 0 Å². The summed E-state index contributed by atoms with van der Waals surface area (Å²) in [7, 11) is 0. The molecule has 136 valence electrons. The van der Waals surface area contributed by atoms with Crippen molar-refractivity contribution in [1.82, 2.24) is 0 Å². The number of Topliss-reactive ketones (excluding diaryl/α,β-unsaturated/α-hetero) is 1. The molecule has 3 N–H and O–H groups in total. The molecule has 0 fully saturated rings. The van der Waals surface area contributed by atoms with E-state index < -0.39 is 24.4 Å². The predicted octanol–water partition coefficient (Wildman–Crippen LogP) is 2.65. The molecule has 7 nitrogen and oxygen atoms in total. The molecule has 0 aliphatic carbocycles. The zero-order valence-corrected chi connectivity index (χ0v) is 15.1. The fourth-order valence-corrected chi connectivity index (χ4v) is 2.95. The van der Waals surface area contributed by atoms with Crippen molar-refractivity contribution in [2.45, 2.75) is 12.8 Å². The second-order valence-corrected chi connectivity index (χ2v) is 6.89. The molecule has 26 heavy (non-hydrogen) atoms. The van der Waals surface area contributed by atoms with E-state index in [1.165, 1.54) is 24.3 Å². The van der Waals surface area contributed by atoms with Crippen molar-refractivity contribution in [1.29, 1.82) is 0 Å². The minimum Gasteiger partial charge on any atom is -0.456 e. The molecular formula is C17H15ClN2O5S. The van der Waals surface area contributed by atoms with Crippen LogP contribution in [0.1, 0.15) is 32.9 Å². The van der Waals surface area contributed by atoms with E-state index in [0.717, 1.165) is 11.3 Å². The van der Waals surface area contributed by atoms with E-state index in [9.17, 15) is 19.2 Å². The zero-order chi connectivity index (χ0) is 19.1. The molecular weight excluding hydrogens is 380 g/mol. The topological polar surface area (TPSA) is 116 Å². The Kier molecular flexibility index (Phi) is 6.88. The third kappa shape index (κ3) is 5.98. The number of anilines is 1. The fourth-order valence-electron chi connectivity index (χ4n) is 1.94. The third-order valence-corrected chi connectivity index (χ3v) is 4.49. The second-order valence-electron chi connectivity index (χ2n) is 5.18. The molecule has 2 aromatic rings. The fraction of sp³-hybridized carbons (Fsp3) is 0.176. The van der Waals surface area contributed by atoms with Crippen LogP contribution in [0, 0.1) is 0 Å². The van der Waals surface area contributed by atoms with Gasteiger partial charge in [0.2, 0.25) is 5.91 Å². The van der Waals surface area contributed by atoms with E-state index in [-0.39, 0.29) is 18.6 Å². The number of benzene rings is 1. The van der Waals surface area contributed by atoms with Crippen molar-refractivity contribution >= 4 is 52.2 Å². The van der Waals surface area contributed by atoms with Crippen LogP contribution in [0.25, 0.3) is 0 Å². The summed E-state index contributed by atoms with van der Waals surface area (Å²) in [5.41, 5.74) is 5.86. The van der Waals surface area contributed by atoms with Gasteiger partial charge in [-0.3, -0.25) is 19.2 Å². The molecule has 0 aliphatic rings. The summed E-state index contributed by atoms with van der Waals surface area (Å²) in [6.07, 6.45) is -0.152. The number of hydrogen-bond donors (Lipinski definition) is 2. The highest BCUT2D eigenvalue weighted by molar-refractivity contribution is 7.18. The first-order valence-corrected chi connectivity index (χ1v) is 8.68. The lowest BCUT2D eigenvalue weighted by Gasteiger charge is -2.07. The van der Waals surface area contributed by atoms with E-state index in [1.54, 1.807) is 12.1 Å². The molecule has 1 aromatic carbocycles. The Labute approximate surface area is 158 Å². The first-order valence-electron chi connectivity index (χ1n) is 7.49. The summed E-state index contributed by atoms with van der Waals surface area (Å²) in [4.78, 5) is 46.7. The second kappa shape index (κ2) is 9.12. The van der Waals surface area contributed by atoms with Gasteiger partial charge in [0.25, 0.3) is 5.91 Å². The van der Waals surface area contributed by atoms with Crippen LogP contribution in [0.3, 0.4) is 0 Å². The number of thiophene rings is 1. The van der Waals surface area contributed by atoms with Gasteiger partial charge in [0, 0.05) is 17.7 Å². The van der Waals surface area contributed by atoms with Gasteiger partial charge in [-0.15, -0.1) is 11.3 Å². The maximum atomic E-state index is 11.8. The van der Waals surface area contributed by atoms with Gasteiger partial charge < -0.3 is 15.8 Å². The molecule has 0 bridgehead atoms. The van der Waals surface area contributed by atoms with Crippen LogP contribution in [0.15, 0.2) is 36.4 Å². The van der Waals surface area contributed by atoms with E-state index in [2.05, 4.69) is 5.32 Å². The molecule has 1 aromatic heterocycles. The Morgan fingerprint density at radius 1 is 1.04 bits per heavy atom. The van der Waals surface area contributed by atoms with Crippen molar-refractivity contribution in [2.75, 3.05) is 11.9 Å². The van der Waals surface area contributed by atoms with Crippen molar-refractivity contribution in [3.8, 4) is 0 Å². The maximum Gasteiger partial charge on any atom is 0.306 e. The SMILES string of the molecule is NC(=O)c1ccc(NC(=O)COC(=O)CCC(=O)c2ccc(Cl)s2)cc1. The molecule has 0 saturated heterocycles. The van der Waals surface area contributed by atoms with Crippen LogP contribution < -0.4 is 11.1 Å². The number of amides is 2. The molecule has 0 radical (unpaired) electrons. The average Bonchev–Trinajstić information content (AvgIpc) is 3.05. The lowest BCUT2D eigenvalue weighted by molar-refractivity contribution is -0.147. The largest absolute Gasteiger partial charge is 0.456 e. The van der Waals surface area contributed by atoms with E-state index in [0.29, 0.717) is 20.5 Å². The van der Waals surface area contributed by atoms with E-state index in [4.69, 9.17) is 22.1 Å². The lowest BCUT2D eigenvalue weighted by atomic mass is 10.2. The molecule has 2 amide bonds. The third-order valence-electron chi connectivity index (χ3n) is 3.22. The molecule has 2 rings (SSSR count). The van der Waals surface area contributed by atoms with Gasteiger partial charge in [-0.2, -0.15) is 0 Å². The van der Waals surface area contributed by atoms with Crippen molar-refractivity contribution in [3.63, 3.8) is 0 Å². The number of halogens is 1. The summed E-state index contributed by atoms with van der Waals surface area (Å²) in [5, 5.41) is 2.51. The Balaban J connectivity index is 1.72. The molecule has 0 aliphatic heterocycles. The van der Waals surface area contributed by atoms with Crippen LogP contribution in [0.2, 0.25) is 4.34 Å². The van der Waals surface area contributed by atoms with Crippen molar-refractivity contribution < 1.29 is 23.9 Å². The number of carbonyl (C=O) groups is 4. The van der Waals surface area contributed by atoms with Gasteiger partial charge in [0.15, 0.2) is 12.4 Å². The smallest absolute Gasteiger partial charge is 0.306 e.